The van der Waals surface area contributed by atoms with Crippen LogP contribution in [0.3, 0.4) is 0 Å². The second-order valence-electron chi connectivity index (χ2n) is 4.34. The summed E-state index contributed by atoms with van der Waals surface area (Å²) < 4.78 is 0.668. The van der Waals surface area contributed by atoms with E-state index in [1.165, 1.54) is 5.56 Å². The van der Waals surface area contributed by atoms with Crippen LogP contribution in [0.15, 0.2) is 27.5 Å². The van der Waals surface area contributed by atoms with Crippen LogP contribution >= 0.6 is 27.3 Å². The van der Waals surface area contributed by atoms with Crippen LogP contribution in [0.4, 0.5) is 0 Å². The number of amides is 1. The van der Waals surface area contributed by atoms with Gasteiger partial charge in [0, 0.05) is 6.54 Å². The van der Waals surface area contributed by atoms with Gasteiger partial charge in [-0.3, -0.25) is 9.89 Å². The number of hydrogen-bond donors (Lipinski definition) is 2. The van der Waals surface area contributed by atoms with Crippen molar-refractivity contribution in [2.24, 2.45) is 0 Å². The fourth-order valence-electron chi connectivity index (χ4n) is 1.77. The molecule has 0 saturated heterocycles. The molecule has 19 heavy (non-hydrogen) atoms. The monoisotopic (exact) mass is 342 g/mol. The molecule has 2 heterocycles. The predicted octanol–water partition coefficient (Wildman–Crippen LogP) is 2.27. The molecule has 0 aromatic carbocycles. The standard InChI is InChI=1S/C12H15BrN4OS/c1-17(2)10(8-3-4-19-7-8)6-14-12(18)11-9(13)5-15-16-11/h3-5,7,10H,6H2,1-2H3,(H,14,18)(H,15,16)/t10-/m0/s1. The largest absolute Gasteiger partial charge is 0.349 e. The van der Waals surface area contributed by atoms with Crippen molar-refractivity contribution >= 4 is 33.2 Å². The lowest BCUT2D eigenvalue weighted by molar-refractivity contribution is 0.0936. The number of nitrogens with zero attached hydrogens (tertiary/aromatic N) is 2. The number of likely N-dealkylation sites (N-methyl/N-ethyl adjacent to an activating group) is 1. The van der Waals surface area contributed by atoms with Gasteiger partial charge in [-0.1, -0.05) is 0 Å². The molecule has 2 aromatic rings. The van der Waals surface area contributed by atoms with Crippen molar-refractivity contribution in [3.63, 3.8) is 0 Å². The second-order valence-corrected chi connectivity index (χ2v) is 5.97. The first-order valence-corrected chi connectivity index (χ1v) is 7.48. The predicted molar refractivity (Wildman–Crippen MR) is 79.4 cm³/mol. The lowest BCUT2D eigenvalue weighted by atomic mass is 10.1. The van der Waals surface area contributed by atoms with Crippen molar-refractivity contribution in [1.82, 2.24) is 20.4 Å². The summed E-state index contributed by atoms with van der Waals surface area (Å²) in [7, 11) is 4.00. The molecule has 2 aromatic heterocycles. The molecule has 0 radical (unpaired) electrons. The molecule has 0 aliphatic heterocycles. The maximum atomic E-state index is 12.0. The van der Waals surface area contributed by atoms with Gasteiger partial charge < -0.3 is 10.2 Å². The van der Waals surface area contributed by atoms with Gasteiger partial charge in [-0.15, -0.1) is 0 Å². The highest BCUT2D eigenvalue weighted by molar-refractivity contribution is 9.10. The summed E-state index contributed by atoms with van der Waals surface area (Å²) in [6, 6.07) is 2.24. The van der Waals surface area contributed by atoms with Crippen LogP contribution in [0.5, 0.6) is 0 Å². The number of carbonyl (C=O) groups excluding carboxylic acids is 1. The number of carbonyl (C=O) groups is 1. The minimum atomic E-state index is -0.161. The van der Waals surface area contributed by atoms with Crippen LogP contribution in [0.2, 0.25) is 0 Å². The topological polar surface area (TPSA) is 61.0 Å². The molecule has 2 rings (SSSR count). The maximum Gasteiger partial charge on any atom is 0.270 e. The van der Waals surface area contributed by atoms with Gasteiger partial charge in [0.25, 0.3) is 5.91 Å². The number of aromatic nitrogens is 2. The highest BCUT2D eigenvalue weighted by Crippen LogP contribution is 2.20. The Morgan fingerprint density at radius 1 is 1.63 bits per heavy atom. The van der Waals surface area contributed by atoms with E-state index in [4.69, 9.17) is 0 Å². The summed E-state index contributed by atoms with van der Waals surface area (Å²) in [6.07, 6.45) is 1.57. The van der Waals surface area contributed by atoms with E-state index in [-0.39, 0.29) is 11.9 Å². The average Bonchev–Trinajstić information content (AvgIpc) is 3.00. The van der Waals surface area contributed by atoms with Crippen molar-refractivity contribution in [1.29, 1.82) is 0 Å². The zero-order valence-electron chi connectivity index (χ0n) is 10.7. The molecular weight excluding hydrogens is 328 g/mol. The normalized spacial score (nSPS) is 12.6. The highest BCUT2D eigenvalue weighted by atomic mass is 79.9. The van der Waals surface area contributed by atoms with Crippen molar-refractivity contribution in [3.05, 3.63) is 38.8 Å². The first-order valence-electron chi connectivity index (χ1n) is 5.75. The third kappa shape index (κ3) is 3.43. The highest BCUT2D eigenvalue weighted by Gasteiger charge is 2.17. The van der Waals surface area contributed by atoms with Gasteiger partial charge in [0.1, 0.15) is 5.69 Å². The van der Waals surface area contributed by atoms with Crippen molar-refractivity contribution in [2.45, 2.75) is 6.04 Å². The third-order valence-corrected chi connectivity index (χ3v) is 4.13. The summed E-state index contributed by atoms with van der Waals surface area (Å²) in [6.45, 7) is 0.550. The first kappa shape index (κ1) is 14.2. The molecule has 1 atom stereocenters. The number of thiophene rings is 1. The van der Waals surface area contributed by atoms with Crippen LogP contribution in [-0.4, -0.2) is 41.6 Å². The average molecular weight is 343 g/mol. The van der Waals surface area contributed by atoms with Gasteiger partial charge in [0.2, 0.25) is 0 Å². The molecular formula is C12H15BrN4OS. The van der Waals surface area contributed by atoms with Crippen molar-refractivity contribution in [3.8, 4) is 0 Å². The first-order chi connectivity index (χ1) is 9.09. The fraction of sp³-hybridized carbons (Fsp3) is 0.333. The van der Waals surface area contributed by atoms with E-state index in [9.17, 15) is 4.79 Å². The molecule has 0 spiro atoms. The molecule has 0 aliphatic carbocycles. The van der Waals surface area contributed by atoms with E-state index in [1.54, 1.807) is 17.5 Å². The molecule has 7 heteroatoms. The lowest BCUT2D eigenvalue weighted by Crippen LogP contribution is -2.34. The Balaban J connectivity index is 2.00. The summed E-state index contributed by atoms with van der Waals surface area (Å²) in [5.41, 5.74) is 1.65. The molecule has 102 valence electrons. The Morgan fingerprint density at radius 2 is 2.42 bits per heavy atom. The smallest absolute Gasteiger partial charge is 0.270 e. The summed E-state index contributed by atoms with van der Waals surface area (Å²) in [4.78, 5) is 14.1. The zero-order valence-corrected chi connectivity index (χ0v) is 13.1. The zero-order chi connectivity index (χ0) is 13.8. The van der Waals surface area contributed by atoms with E-state index in [0.29, 0.717) is 16.7 Å². The van der Waals surface area contributed by atoms with Gasteiger partial charge in [-0.25, -0.2) is 0 Å². The van der Waals surface area contributed by atoms with Crippen LogP contribution < -0.4 is 5.32 Å². The van der Waals surface area contributed by atoms with Crippen LogP contribution in [0.25, 0.3) is 0 Å². The Kier molecular flexibility index (Phi) is 4.73. The van der Waals surface area contributed by atoms with Crippen molar-refractivity contribution in [2.75, 3.05) is 20.6 Å². The minimum absolute atomic E-state index is 0.161. The van der Waals surface area contributed by atoms with E-state index < -0.39 is 0 Å². The summed E-state index contributed by atoms with van der Waals surface area (Å²) in [5, 5.41) is 13.5. The van der Waals surface area contributed by atoms with Crippen molar-refractivity contribution < 1.29 is 4.79 Å². The second kappa shape index (κ2) is 6.31. The van der Waals surface area contributed by atoms with Gasteiger partial charge in [0.05, 0.1) is 16.7 Å². The van der Waals surface area contributed by atoms with Crippen LogP contribution in [0, 0.1) is 0 Å². The Morgan fingerprint density at radius 3 is 2.95 bits per heavy atom. The SMILES string of the molecule is CN(C)[C@@H](CNC(=O)c1[nH]ncc1Br)c1ccsc1. The lowest BCUT2D eigenvalue weighted by Gasteiger charge is -2.23. The van der Waals surface area contributed by atoms with E-state index in [2.05, 4.69) is 47.8 Å². The molecule has 0 bridgehead atoms. The molecule has 0 fully saturated rings. The van der Waals surface area contributed by atoms with Crippen LogP contribution in [-0.2, 0) is 0 Å². The summed E-state index contributed by atoms with van der Waals surface area (Å²) >= 11 is 4.93. The Labute approximate surface area is 124 Å². The maximum absolute atomic E-state index is 12.0. The molecule has 1 amide bonds. The van der Waals surface area contributed by atoms with Crippen LogP contribution in [0.1, 0.15) is 22.1 Å². The molecule has 0 aliphatic rings. The molecule has 0 saturated carbocycles. The number of aromatic amines is 1. The fourth-order valence-corrected chi connectivity index (χ4v) is 2.85. The van der Waals surface area contributed by atoms with E-state index in [0.717, 1.165) is 0 Å². The molecule has 2 N–H and O–H groups in total. The Bertz CT molecular complexity index is 538. The number of halogens is 1. The molecule has 0 unspecified atom stereocenters. The minimum Gasteiger partial charge on any atom is -0.349 e. The van der Waals surface area contributed by atoms with Gasteiger partial charge in [0.15, 0.2) is 0 Å². The molecule has 5 nitrogen and oxygen atoms in total. The van der Waals surface area contributed by atoms with E-state index in [1.807, 2.05) is 19.5 Å². The Hall–Kier alpha value is -1.18. The van der Waals surface area contributed by atoms with Gasteiger partial charge in [-0.05, 0) is 52.4 Å². The number of H-pyrrole nitrogens is 1. The number of rotatable bonds is 5. The third-order valence-electron chi connectivity index (χ3n) is 2.83. The summed E-state index contributed by atoms with van der Waals surface area (Å²) in [5.74, 6) is -0.161. The number of hydrogen-bond acceptors (Lipinski definition) is 4. The van der Waals surface area contributed by atoms with Gasteiger partial charge >= 0.3 is 0 Å². The van der Waals surface area contributed by atoms with E-state index >= 15 is 0 Å². The quantitative estimate of drug-likeness (QED) is 0.876. The number of nitrogens with one attached hydrogen (secondary N) is 2. The van der Waals surface area contributed by atoms with Gasteiger partial charge in [-0.2, -0.15) is 16.4 Å².